The van der Waals surface area contributed by atoms with E-state index in [-0.39, 0.29) is 0 Å². The van der Waals surface area contributed by atoms with E-state index in [1.54, 1.807) is 0 Å². The maximum Gasteiger partial charge on any atom is 0.0443 e. The molecule has 110 valence electrons. The normalized spacial score (nSPS) is 25.6. The molecule has 2 fully saturated rings. The van der Waals surface area contributed by atoms with Crippen molar-refractivity contribution in [3.8, 4) is 0 Å². The lowest BCUT2D eigenvalue weighted by molar-refractivity contribution is 0.443. The number of hydrogen-bond acceptors (Lipinski definition) is 0. The van der Waals surface area contributed by atoms with Gasteiger partial charge in [0.2, 0.25) is 0 Å². The van der Waals surface area contributed by atoms with Gasteiger partial charge in [-0.15, -0.1) is 0 Å². The van der Waals surface area contributed by atoms with Crippen molar-refractivity contribution in [2.75, 3.05) is 0 Å². The van der Waals surface area contributed by atoms with E-state index in [9.17, 15) is 0 Å². The van der Waals surface area contributed by atoms with Crippen molar-refractivity contribution in [3.05, 3.63) is 34.3 Å². The van der Waals surface area contributed by atoms with Crippen molar-refractivity contribution in [2.45, 2.75) is 77.0 Å². The largest absolute Gasteiger partial charge is 0.0840 e. The SMILES string of the molecule is CCC1(CC)CC1c1ccc(C2CCCCC2)c(Cl)c1. The zero-order valence-electron chi connectivity index (χ0n) is 12.9. The average molecular weight is 291 g/mol. The molecule has 2 aliphatic carbocycles. The molecule has 0 radical (unpaired) electrons. The van der Waals surface area contributed by atoms with Gasteiger partial charge in [0.25, 0.3) is 0 Å². The third-order valence-corrected chi connectivity index (χ3v) is 6.40. The Kier molecular flexibility index (Phi) is 4.13. The van der Waals surface area contributed by atoms with E-state index in [0.717, 1.165) is 10.9 Å². The highest BCUT2D eigenvalue weighted by Gasteiger charge is 2.51. The summed E-state index contributed by atoms with van der Waals surface area (Å²) in [5.74, 6) is 1.47. The standard InChI is InChI=1S/C19H27Cl/c1-3-19(4-2)13-17(19)15-10-11-16(18(20)12-15)14-8-6-5-7-9-14/h10-12,14,17H,3-9,13H2,1-2H3. The van der Waals surface area contributed by atoms with Gasteiger partial charge in [0.15, 0.2) is 0 Å². The van der Waals surface area contributed by atoms with Gasteiger partial charge >= 0.3 is 0 Å². The topological polar surface area (TPSA) is 0 Å². The minimum atomic E-state index is 0.579. The first-order valence-corrected chi connectivity index (χ1v) is 8.87. The van der Waals surface area contributed by atoms with Crippen molar-refractivity contribution in [1.82, 2.24) is 0 Å². The van der Waals surface area contributed by atoms with Crippen LogP contribution in [0, 0.1) is 5.41 Å². The molecule has 0 aromatic heterocycles. The summed E-state index contributed by atoms with van der Waals surface area (Å²) >= 11 is 6.61. The fourth-order valence-electron chi connectivity index (χ4n) is 4.36. The van der Waals surface area contributed by atoms with Gasteiger partial charge in [-0.05, 0) is 66.5 Å². The molecule has 1 aromatic rings. The van der Waals surface area contributed by atoms with Gasteiger partial charge in [-0.1, -0.05) is 56.8 Å². The quantitative estimate of drug-likeness (QED) is 0.580. The minimum Gasteiger partial charge on any atom is -0.0840 e. The van der Waals surface area contributed by atoms with E-state index in [2.05, 4.69) is 32.0 Å². The number of hydrogen-bond donors (Lipinski definition) is 0. The van der Waals surface area contributed by atoms with E-state index in [1.165, 1.54) is 62.5 Å². The fourth-order valence-corrected chi connectivity index (χ4v) is 4.70. The van der Waals surface area contributed by atoms with Crippen molar-refractivity contribution < 1.29 is 0 Å². The first kappa shape index (κ1) is 14.4. The van der Waals surface area contributed by atoms with Crippen LogP contribution in [-0.2, 0) is 0 Å². The molecular formula is C19H27Cl. The molecule has 1 heteroatoms. The highest BCUT2D eigenvalue weighted by Crippen LogP contribution is 2.63. The Bertz CT molecular complexity index is 467. The maximum atomic E-state index is 6.61. The van der Waals surface area contributed by atoms with Crippen molar-refractivity contribution in [2.24, 2.45) is 5.41 Å². The van der Waals surface area contributed by atoms with E-state index in [1.807, 2.05) is 0 Å². The van der Waals surface area contributed by atoms with Crippen LogP contribution in [0.15, 0.2) is 18.2 Å². The van der Waals surface area contributed by atoms with Crippen LogP contribution in [0.1, 0.15) is 88.2 Å². The van der Waals surface area contributed by atoms with Crippen LogP contribution in [0.4, 0.5) is 0 Å². The summed E-state index contributed by atoms with van der Waals surface area (Å²) in [6.07, 6.45) is 10.8. The number of halogens is 1. The van der Waals surface area contributed by atoms with Crippen LogP contribution in [0.3, 0.4) is 0 Å². The number of rotatable bonds is 4. The molecule has 0 amide bonds. The molecule has 0 bridgehead atoms. The van der Waals surface area contributed by atoms with Gasteiger partial charge in [0, 0.05) is 5.02 Å². The van der Waals surface area contributed by atoms with Crippen molar-refractivity contribution >= 4 is 11.6 Å². The predicted octanol–water partition coefficient (Wildman–Crippen LogP) is 6.68. The van der Waals surface area contributed by atoms with Crippen LogP contribution in [0.25, 0.3) is 0 Å². The Morgan fingerprint density at radius 3 is 2.35 bits per heavy atom. The number of benzene rings is 1. The molecule has 2 aliphatic rings. The van der Waals surface area contributed by atoms with Crippen LogP contribution in [0.2, 0.25) is 5.02 Å². The van der Waals surface area contributed by atoms with Gasteiger partial charge in [0.05, 0.1) is 0 Å². The molecule has 0 heterocycles. The molecule has 1 aromatic carbocycles. The first-order chi connectivity index (χ1) is 9.70. The molecule has 20 heavy (non-hydrogen) atoms. The summed E-state index contributed by atoms with van der Waals surface area (Å²) in [4.78, 5) is 0. The maximum absolute atomic E-state index is 6.61. The van der Waals surface area contributed by atoms with E-state index >= 15 is 0 Å². The summed E-state index contributed by atoms with van der Waals surface area (Å²) < 4.78 is 0. The van der Waals surface area contributed by atoms with Gasteiger partial charge in [0.1, 0.15) is 0 Å². The Labute approximate surface area is 128 Å². The van der Waals surface area contributed by atoms with Crippen molar-refractivity contribution in [3.63, 3.8) is 0 Å². The molecule has 0 saturated heterocycles. The lowest BCUT2D eigenvalue weighted by Crippen LogP contribution is -2.05. The van der Waals surface area contributed by atoms with Gasteiger partial charge in [-0.3, -0.25) is 0 Å². The van der Waals surface area contributed by atoms with Gasteiger partial charge in [-0.2, -0.15) is 0 Å². The zero-order valence-corrected chi connectivity index (χ0v) is 13.7. The Morgan fingerprint density at radius 1 is 1.10 bits per heavy atom. The molecule has 0 spiro atoms. The molecule has 1 atom stereocenters. The smallest absolute Gasteiger partial charge is 0.0443 e. The van der Waals surface area contributed by atoms with Crippen LogP contribution in [0.5, 0.6) is 0 Å². The van der Waals surface area contributed by atoms with Gasteiger partial charge < -0.3 is 0 Å². The first-order valence-electron chi connectivity index (χ1n) is 8.49. The summed E-state index contributed by atoms with van der Waals surface area (Å²) in [6, 6.07) is 6.98. The van der Waals surface area contributed by atoms with E-state index < -0.39 is 0 Å². The van der Waals surface area contributed by atoms with Crippen molar-refractivity contribution in [1.29, 1.82) is 0 Å². The van der Waals surface area contributed by atoms with E-state index in [4.69, 9.17) is 11.6 Å². The second kappa shape index (κ2) is 5.72. The summed E-state index contributed by atoms with van der Waals surface area (Å²) in [6.45, 7) is 4.67. The van der Waals surface area contributed by atoms with Crippen LogP contribution >= 0.6 is 11.6 Å². The van der Waals surface area contributed by atoms with Crippen LogP contribution < -0.4 is 0 Å². The third-order valence-electron chi connectivity index (χ3n) is 6.07. The summed E-state index contributed by atoms with van der Waals surface area (Å²) in [5, 5.41) is 1.03. The lowest BCUT2D eigenvalue weighted by atomic mass is 9.83. The lowest BCUT2D eigenvalue weighted by Gasteiger charge is -2.23. The fraction of sp³-hybridized carbons (Fsp3) is 0.684. The minimum absolute atomic E-state index is 0.579. The molecule has 0 nitrogen and oxygen atoms in total. The molecular weight excluding hydrogens is 264 g/mol. The second-order valence-electron chi connectivity index (χ2n) is 6.94. The Hall–Kier alpha value is -0.490. The molecule has 2 saturated carbocycles. The van der Waals surface area contributed by atoms with Crippen LogP contribution in [-0.4, -0.2) is 0 Å². The second-order valence-corrected chi connectivity index (χ2v) is 7.35. The Balaban J connectivity index is 1.78. The molecule has 0 aliphatic heterocycles. The third kappa shape index (κ3) is 2.52. The van der Waals surface area contributed by atoms with E-state index in [0.29, 0.717) is 11.3 Å². The zero-order chi connectivity index (χ0) is 14.2. The molecule has 1 unspecified atom stereocenters. The average Bonchev–Trinajstić information content (AvgIpc) is 3.23. The van der Waals surface area contributed by atoms with Gasteiger partial charge in [-0.25, -0.2) is 0 Å². The molecule has 3 rings (SSSR count). The summed E-state index contributed by atoms with van der Waals surface area (Å²) in [5.41, 5.74) is 3.47. The summed E-state index contributed by atoms with van der Waals surface area (Å²) in [7, 11) is 0. The highest BCUT2D eigenvalue weighted by molar-refractivity contribution is 6.31. The monoisotopic (exact) mass is 290 g/mol. The predicted molar refractivity (Wildman–Crippen MR) is 87.7 cm³/mol. The highest BCUT2D eigenvalue weighted by atomic mass is 35.5. The molecule has 0 N–H and O–H groups in total. The Morgan fingerprint density at radius 2 is 1.80 bits per heavy atom.